The van der Waals surface area contributed by atoms with E-state index < -0.39 is 18.4 Å². The highest BCUT2D eigenvalue weighted by Gasteiger charge is 2.10. The summed E-state index contributed by atoms with van der Waals surface area (Å²) in [6.07, 6.45) is 0. The van der Waals surface area contributed by atoms with Gasteiger partial charge in [-0.1, -0.05) is 18.2 Å². The average Bonchev–Trinajstić information content (AvgIpc) is 2.71. The van der Waals surface area contributed by atoms with Crippen LogP contribution < -0.4 is 14.8 Å². The van der Waals surface area contributed by atoms with Gasteiger partial charge in [0.25, 0.3) is 0 Å². The lowest BCUT2D eigenvalue weighted by atomic mass is 9.94. The van der Waals surface area contributed by atoms with Crippen molar-refractivity contribution in [3.8, 4) is 22.6 Å². The number of rotatable bonds is 9. The second-order valence-electron chi connectivity index (χ2n) is 7.25. The Balaban J connectivity index is 1.73. The maximum Gasteiger partial charge on any atom is 0.341 e. The van der Waals surface area contributed by atoms with Crippen LogP contribution in [0.2, 0.25) is 0 Å². The fraction of sp³-hybridized carbons (Fsp3) is 0.240. The van der Waals surface area contributed by atoms with Gasteiger partial charge in [-0.25, -0.2) is 9.18 Å². The molecule has 3 aromatic rings. The van der Waals surface area contributed by atoms with E-state index in [1.807, 2.05) is 31.2 Å². The lowest BCUT2D eigenvalue weighted by Crippen LogP contribution is -2.10. The zero-order chi connectivity index (χ0) is 22.4. The van der Waals surface area contributed by atoms with Crippen molar-refractivity contribution in [2.75, 3.05) is 18.5 Å². The van der Waals surface area contributed by atoms with Crippen molar-refractivity contribution in [1.82, 2.24) is 0 Å². The molecule has 0 aliphatic rings. The topological polar surface area (TPSA) is 67.8 Å². The largest absolute Gasteiger partial charge is 0.494 e. The third-order valence-corrected chi connectivity index (χ3v) is 4.81. The van der Waals surface area contributed by atoms with Crippen molar-refractivity contribution in [2.45, 2.75) is 27.3 Å². The first-order valence-electron chi connectivity index (χ1n) is 10.1. The normalized spacial score (nSPS) is 10.6. The van der Waals surface area contributed by atoms with Gasteiger partial charge in [0.2, 0.25) is 0 Å². The smallest absolute Gasteiger partial charge is 0.341 e. The lowest BCUT2D eigenvalue weighted by Gasteiger charge is -2.15. The second kappa shape index (κ2) is 9.98. The van der Waals surface area contributed by atoms with Gasteiger partial charge in [-0.3, -0.25) is 0 Å². The van der Waals surface area contributed by atoms with E-state index in [9.17, 15) is 9.18 Å². The summed E-state index contributed by atoms with van der Waals surface area (Å²) < 4.78 is 24.7. The highest BCUT2D eigenvalue weighted by molar-refractivity contribution is 5.72. The van der Waals surface area contributed by atoms with Crippen molar-refractivity contribution in [3.63, 3.8) is 0 Å². The van der Waals surface area contributed by atoms with Gasteiger partial charge in [-0.2, -0.15) is 0 Å². The molecule has 2 N–H and O–H groups in total. The molecule has 0 amide bonds. The predicted octanol–water partition coefficient (Wildman–Crippen LogP) is 5.58. The van der Waals surface area contributed by atoms with Crippen LogP contribution in [0.3, 0.4) is 0 Å². The first-order valence-corrected chi connectivity index (χ1v) is 10.1. The maximum atomic E-state index is 14.1. The number of halogens is 1. The highest BCUT2D eigenvalue weighted by atomic mass is 19.1. The summed E-state index contributed by atoms with van der Waals surface area (Å²) in [7, 11) is 0. The van der Waals surface area contributed by atoms with Crippen molar-refractivity contribution >= 4 is 11.7 Å². The number of nitrogens with one attached hydrogen (secondary N) is 1. The third-order valence-electron chi connectivity index (χ3n) is 4.81. The van der Waals surface area contributed by atoms with Gasteiger partial charge in [-0.05, 0) is 78.9 Å². The molecule has 6 heteroatoms. The first-order chi connectivity index (χ1) is 14.9. The Bertz CT molecular complexity index is 1060. The molecule has 31 heavy (non-hydrogen) atoms. The summed E-state index contributed by atoms with van der Waals surface area (Å²) in [6, 6.07) is 16.7. The van der Waals surface area contributed by atoms with Crippen LogP contribution in [0.15, 0.2) is 54.6 Å². The van der Waals surface area contributed by atoms with Crippen LogP contribution >= 0.6 is 0 Å². The summed E-state index contributed by atoms with van der Waals surface area (Å²) in [6.45, 7) is 6.68. The number of ether oxygens (including phenoxy) is 2. The Hall–Kier alpha value is -3.54. The van der Waals surface area contributed by atoms with Crippen molar-refractivity contribution in [2.24, 2.45) is 0 Å². The van der Waals surface area contributed by atoms with Crippen LogP contribution in [0.5, 0.6) is 11.5 Å². The summed E-state index contributed by atoms with van der Waals surface area (Å²) >= 11 is 0. The first kappa shape index (κ1) is 22.2. The molecule has 0 spiro atoms. The number of carbonyl (C=O) groups is 1. The zero-order valence-electron chi connectivity index (χ0n) is 17.9. The molecule has 0 heterocycles. The quantitative estimate of drug-likeness (QED) is 0.470. The van der Waals surface area contributed by atoms with Crippen LogP contribution in [-0.2, 0) is 11.3 Å². The number of aliphatic carboxylic acids is 1. The van der Waals surface area contributed by atoms with E-state index in [0.29, 0.717) is 18.8 Å². The molecule has 0 aliphatic carbocycles. The maximum absolute atomic E-state index is 14.1. The minimum absolute atomic E-state index is 0.0867. The van der Waals surface area contributed by atoms with Crippen molar-refractivity contribution < 1.29 is 23.8 Å². The van der Waals surface area contributed by atoms with Gasteiger partial charge in [0.05, 0.1) is 6.61 Å². The molecule has 0 unspecified atom stereocenters. The minimum atomic E-state index is -1.15. The summed E-state index contributed by atoms with van der Waals surface area (Å²) in [5.41, 5.74) is 6.22. The number of hydrogen-bond acceptors (Lipinski definition) is 4. The third kappa shape index (κ3) is 5.75. The molecule has 162 valence electrons. The van der Waals surface area contributed by atoms with Crippen LogP contribution in [-0.4, -0.2) is 24.3 Å². The summed E-state index contributed by atoms with van der Waals surface area (Å²) in [4.78, 5) is 10.6. The Morgan fingerprint density at radius 1 is 1.03 bits per heavy atom. The number of hydrogen-bond donors (Lipinski definition) is 2. The Morgan fingerprint density at radius 3 is 2.42 bits per heavy atom. The number of anilines is 1. The molecule has 0 aromatic heterocycles. The van der Waals surface area contributed by atoms with Gasteiger partial charge >= 0.3 is 5.97 Å². The average molecular weight is 423 g/mol. The Labute approximate surface area is 181 Å². The van der Waals surface area contributed by atoms with Crippen molar-refractivity contribution in [1.29, 1.82) is 0 Å². The molecule has 0 aliphatic heterocycles. The van der Waals surface area contributed by atoms with Gasteiger partial charge in [0.15, 0.2) is 18.2 Å². The van der Waals surface area contributed by atoms with Gasteiger partial charge in [0, 0.05) is 18.3 Å². The molecule has 0 radical (unpaired) electrons. The van der Waals surface area contributed by atoms with Crippen LogP contribution in [0.1, 0.15) is 23.6 Å². The monoisotopic (exact) mass is 423 g/mol. The van der Waals surface area contributed by atoms with Crippen molar-refractivity contribution in [3.05, 3.63) is 77.1 Å². The number of aryl methyl sites for hydroxylation is 2. The number of carboxylic acid groups (broad SMARTS) is 1. The van der Waals surface area contributed by atoms with Crippen LogP contribution in [0.4, 0.5) is 10.1 Å². The Morgan fingerprint density at radius 2 is 1.77 bits per heavy atom. The lowest BCUT2D eigenvalue weighted by molar-refractivity contribution is -0.139. The SMILES string of the molecule is CCOc1cc(C)c(-c2cccc(CNc3ccc(OCC(=O)O)c(F)c3)c2)c(C)c1. The molecule has 0 bridgehead atoms. The van der Waals surface area contributed by atoms with E-state index >= 15 is 0 Å². The van der Waals surface area contributed by atoms with E-state index in [-0.39, 0.29) is 5.75 Å². The number of benzene rings is 3. The summed E-state index contributed by atoms with van der Waals surface area (Å²) in [5.74, 6) is -0.978. The molecule has 3 rings (SSSR count). The van der Waals surface area contributed by atoms with Crippen LogP contribution in [0, 0.1) is 19.7 Å². The molecule has 0 saturated heterocycles. The van der Waals surface area contributed by atoms with E-state index in [1.54, 1.807) is 6.07 Å². The molecule has 5 nitrogen and oxygen atoms in total. The highest BCUT2D eigenvalue weighted by Crippen LogP contribution is 2.31. The van der Waals surface area contributed by atoms with E-state index in [1.165, 1.54) is 17.7 Å². The molecular formula is C25H26FNO4. The minimum Gasteiger partial charge on any atom is -0.494 e. The molecule has 0 atom stereocenters. The van der Waals surface area contributed by atoms with E-state index in [4.69, 9.17) is 14.6 Å². The van der Waals surface area contributed by atoms with Crippen LogP contribution in [0.25, 0.3) is 11.1 Å². The van der Waals surface area contributed by atoms with Gasteiger partial charge in [0.1, 0.15) is 5.75 Å². The fourth-order valence-corrected chi connectivity index (χ4v) is 3.54. The summed E-state index contributed by atoms with van der Waals surface area (Å²) in [5, 5.41) is 11.8. The Kier molecular flexibility index (Phi) is 7.13. The zero-order valence-corrected chi connectivity index (χ0v) is 17.9. The van der Waals surface area contributed by atoms with Gasteiger partial charge < -0.3 is 19.9 Å². The molecule has 0 saturated carbocycles. The molecule has 3 aromatic carbocycles. The predicted molar refractivity (Wildman–Crippen MR) is 119 cm³/mol. The second-order valence-corrected chi connectivity index (χ2v) is 7.25. The standard InChI is InChI=1S/C25H26FNO4/c1-4-30-21-10-16(2)25(17(3)11-21)19-7-5-6-18(12-19)14-27-20-8-9-23(22(26)13-20)31-15-24(28)29/h5-13,27H,4,14-15H2,1-3H3,(H,28,29). The van der Waals surface area contributed by atoms with E-state index in [2.05, 4.69) is 31.3 Å². The number of carboxylic acids is 1. The van der Waals surface area contributed by atoms with E-state index in [0.717, 1.165) is 28.0 Å². The molecule has 0 fully saturated rings. The molecular weight excluding hydrogens is 397 g/mol. The van der Waals surface area contributed by atoms with Gasteiger partial charge in [-0.15, -0.1) is 0 Å². The fourth-order valence-electron chi connectivity index (χ4n) is 3.54.